The first kappa shape index (κ1) is 8.92. The molecule has 0 rings (SSSR count). The van der Waals surface area contributed by atoms with E-state index in [1.54, 1.807) is 0 Å². The van der Waals surface area contributed by atoms with Gasteiger partial charge in [0.15, 0.2) is 0 Å². The van der Waals surface area contributed by atoms with Crippen LogP contribution >= 0.6 is 19.9 Å². The van der Waals surface area contributed by atoms with Crippen LogP contribution in [0, 0.1) is 0 Å². The van der Waals surface area contributed by atoms with Crippen LogP contribution in [0.4, 0.5) is 0 Å². The van der Waals surface area contributed by atoms with Crippen molar-refractivity contribution in [3.05, 3.63) is 0 Å². The summed E-state index contributed by atoms with van der Waals surface area (Å²) in [4.78, 5) is 0. The van der Waals surface area contributed by atoms with E-state index in [0.717, 1.165) is 0 Å². The van der Waals surface area contributed by atoms with Gasteiger partial charge >= 0.3 is 34.3 Å². The minimum absolute atomic E-state index is 0. The van der Waals surface area contributed by atoms with Crippen molar-refractivity contribution in [1.82, 2.24) is 0 Å². The number of hydrogen-bond donors (Lipinski definition) is 0. The third-order valence-electron chi connectivity index (χ3n) is 0. The van der Waals surface area contributed by atoms with E-state index < -0.39 is 14.4 Å². The van der Waals surface area contributed by atoms with Crippen molar-refractivity contribution in [1.29, 1.82) is 0 Å². The molecule has 0 aromatic heterocycles. The van der Waals surface area contributed by atoms with E-state index in [1.807, 2.05) is 0 Å². The van der Waals surface area contributed by atoms with Crippen LogP contribution in [0.2, 0.25) is 0 Å². The molecule has 0 aromatic carbocycles. The second-order valence-electron chi connectivity index (χ2n) is 0.0630. The van der Waals surface area contributed by atoms with Crippen LogP contribution in [0.15, 0.2) is 0 Å². The molecule has 0 aliphatic carbocycles. The van der Waals surface area contributed by atoms with Crippen LogP contribution in [0.3, 0.4) is 0 Å². The molecule has 0 saturated carbocycles. The van der Waals surface area contributed by atoms with Crippen molar-refractivity contribution >= 4 is 19.9 Å². The van der Waals surface area contributed by atoms with Crippen molar-refractivity contribution in [2.24, 2.45) is 0 Å². The predicted octanol–water partition coefficient (Wildman–Crippen LogP) is 1.93. The molecule has 0 aliphatic rings. The summed E-state index contributed by atoms with van der Waals surface area (Å²) in [5, 5.41) is 0. The monoisotopic (exact) mass is 267 g/mol. The second-order valence-corrected chi connectivity index (χ2v) is 4.64. The molecule has 0 spiro atoms. The van der Waals surface area contributed by atoms with E-state index in [2.05, 4.69) is 19.9 Å². The Balaban J connectivity index is 0. The standard InChI is InChI=1S/CH4.Re.2S/h1H4;;;. The molecule has 0 N–H and O–H groups in total. The zero-order valence-corrected chi connectivity index (χ0v) is 5.54. The Bertz CT molecular complexity index is 27.0. The first-order chi connectivity index (χ1) is 1.41. The first-order valence-electron chi connectivity index (χ1n) is 0.309. The number of rotatable bonds is 0. The summed E-state index contributed by atoms with van der Waals surface area (Å²) in [5.74, 6) is 0. The normalized spacial score (nSPS) is 3.00. The molecule has 0 heterocycles. The van der Waals surface area contributed by atoms with Crippen LogP contribution in [-0.2, 0) is 14.4 Å². The molecule has 0 bridgehead atoms. The summed E-state index contributed by atoms with van der Waals surface area (Å²) in [6.07, 6.45) is 0. The molecule has 0 amide bonds. The fourth-order valence-corrected chi connectivity index (χ4v) is 0. The zero-order chi connectivity index (χ0) is 2.71. The molecule has 0 saturated heterocycles. The quantitative estimate of drug-likeness (QED) is 0.657. The number of hydrogen-bond acceptors (Lipinski definition) is 2. The van der Waals surface area contributed by atoms with Crippen molar-refractivity contribution < 1.29 is 14.4 Å². The third kappa shape index (κ3) is 11.3. The maximum atomic E-state index is 4.36. The summed E-state index contributed by atoms with van der Waals surface area (Å²) in [5.41, 5.74) is 0. The van der Waals surface area contributed by atoms with Crippen LogP contribution < -0.4 is 0 Å². The average molecular weight is 266 g/mol. The average Bonchev–Trinajstić information content (AvgIpc) is 0.918. The Morgan fingerprint density at radius 3 is 1.25 bits per heavy atom. The van der Waals surface area contributed by atoms with E-state index in [-0.39, 0.29) is 7.43 Å². The fourth-order valence-electron chi connectivity index (χ4n) is 0. The summed E-state index contributed by atoms with van der Waals surface area (Å²) in [6.45, 7) is 0. The Kier molecular flexibility index (Phi) is 19.9. The molecule has 27 valence electrons. The van der Waals surface area contributed by atoms with Gasteiger partial charge in [-0.2, -0.15) is 0 Å². The second kappa shape index (κ2) is 8.93. The van der Waals surface area contributed by atoms with Gasteiger partial charge < -0.3 is 0 Å². The minimum atomic E-state index is -0.500. The van der Waals surface area contributed by atoms with E-state index in [4.69, 9.17) is 0 Å². The van der Waals surface area contributed by atoms with Crippen molar-refractivity contribution in [3.8, 4) is 0 Å². The van der Waals surface area contributed by atoms with Gasteiger partial charge in [0, 0.05) is 0 Å². The van der Waals surface area contributed by atoms with Gasteiger partial charge in [0.1, 0.15) is 0 Å². The Hall–Kier alpha value is 1.10. The van der Waals surface area contributed by atoms with Gasteiger partial charge in [-0.25, -0.2) is 0 Å². The van der Waals surface area contributed by atoms with Crippen LogP contribution in [0.5, 0.6) is 0 Å². The topological polar surface area (TPSA) is 0 Å². The van der Waals surface area contributed by atoms with Gasteiger partial charge in [0.25, 0.3) is 0 Å². The van der Waals surface area contributed by atoms with Crippen LogP contribution in [-0.4, -0.2) is 0 Å². The van der Waals surface area contributed by atoms with Gasteiger partial charge in [-0.15, -0.1) is 0 Å². The maximum absolute atomic E-state index is 4.36. The predicted molar refractivity (Wildman–Crippen MR) is 21.9 cm³/mol. The Morgan fingerprint density at radius 2 is 1.25 bits per heavy atom. The molecular weight excluding hydrogens is 262 g/mol. The molecule has 0 atom stereocenters. The molecule has 0 nitrogen and oxygen atoms in total. The molecule has 0 aromatic rings. The third-order valence-corrected chi connectivity index (χ3v) is 0. The molecule has 4 heavy (non-hydrogen) atoms. The molecular formula is CH4ReS2. The molecule has 0 fully saturated rings. The summed E-state index contributed by atoms with van der Waals surface area (Å²) in [7, 11) is 8.72. The van der Waals surface area contributed by atoms with Crippen LogP contribution in [0.1, 0.15) is 7.43 Å². The Labute approximate surface area is 41.8 Å². The van der Waals surface area contributed by atoms with E-state index >= 15 is 0 Å². The van der Waals surface area contributed by atoms with E-state index in [1.165, 1.54) is 0 Å². The summed E-state index contributed by atoms with van der Waals surface area (Å²) in [6, 6.07) is 0. The Morgan fingerprint density at radius 1 is 1.25 bits per heavy atom. The van der Waals surface area contributed by atoms with Crippen molar-refractivity contribution in [2.75, 3.05) is 0 Å². The van der Waals surface area contributed by atoms with Gasteiger partial charge in [0.2, 0.25) is 0 Å². The molecule has 0 radical (unpaired) electrons. The van der Waals surface area contributed by atoms with Gasteiger partial charge in [-0.3, -0.25) is 0 Å². The SMILES string of the molecule is C.[S]=[Re]=[S]. The first-order valence-corrected chi connectivity index (χ1v) is 7.58. The van der Waals surface area contributed by atoms with E-state index in [9.17, 15) is 0 Å². The molecule has 3 heteroatoms. The fraction of sp³-hybridized carbons (Fsp3) is 1.00. The van der Waals surface area contributed by atoms with E-state index in [0.29, 0.717) is 0 Å². The van der Waals surface area contributed by atoms with Gasteiger partial charge in [-0.1, -0.05) is 7.43 Å². The zero-order valence-electron chi connectivity index (χ0n) is 1.19. The van der Waals surface area contributed by atoms with Gasteiger partial charge in [-0.05, 0) is 0 Å². The molecule has 0 unspecified atom stereocenters. The summed E-state index contributed by atoms with van der Waals surface area (Å²) < 4.78 is 0. The van der Waals surface area contributed by atoms with Gasteiger partial charge in [0.05, 0.1) is 0 Å². The van der Waals surface area contributed by atoms with Crippen LogP contribution in [0.25, 0.3) is 0 Å². The van der Waals surface area contributed by atoms with Crippen molar-refractivity contribution in [2.45, 2.75) is 7.43 Å². The molecule has 0 aliphatic heterocycles. The summed E-state index contributed by atoms with van der Waals surface area (Å²) >= 11 is -0.500. The van der Waals surface area contributed by atoms with Crippen molar-refractivity contribution in [3.63, 3.8) is 0 Å².